The van der Waals surface area contributed by atoms with Gasteiger partial charge in [-0.3, -0.25) is 5.32 Å². The highest BCUT2D eigenvalue weighted by atomic mass is 16.5. The summed E-state index contributed by atoms with van der Waals surface area (Å²) in [6.07, 6.45) is 1.14. The van der Waals surface area contributed by atoms with Gasteiger partial charge in [-0.05, 0) is 18.6 Å². The molecule has 0 fully saturated rings. The lowest BCUT2D eigenvalue weighted by Gasteiger charge is -2.17. The van der Waals surface area contributed by atoms with Gasteiger partial charge in [0, 0.05) is 25.4 Å². The summed E-state index contributed by atoms with van der Waals surface area (Å²) in [5.41, 5.74) is 2.39. The van der Waals surface area contributed by atoms with Crippen LogP contribution in [0.3, 0.4) is 0 Å². The van der Waals surface area contributed by atoms with Gasteiger partial charge in [-0.15, -0.1) is 0 Å². The number of ether oxygens (including phenoxy) is 1. The molecule has 8 nitrogen and oxygen atoms in total. The summed E-state index contributed by atoms with van der Waals surface area (Å²) in [7, 11) is 1.59. The monoisotopic (exact) mass is 371 g/mol. The first-order valence-electron chi connectivity index (χ1n) is 8.59. The van der Waals surface area contributed by atoms with Crippen LogP contribution in [0.25, 0.3) is 0 Å². The number of methoxy groups -OCH3 is 1. The molecule has 2 rings (SSSR count). The quantitative estimate of drug-likeness (QED) is 0.343. The first-order chi connectivity index (χ1) is 13.1. The molecule has 0 radical (unpaired) electrons. The van der Waals surface area contributed by atoms with Crippen molar-refractivity contribution >= 4 is 23.8 Å². The molecule has 144 valence electrons. The lowest BCUT2D eigenvalue weighted by Crippen LogP contribution is -2.31. The standard InChI is InChI=1S/C19H25N5O3/c1-13(14-6-4-3-5-7-14)22-19(26)24-17-10-15(11-20)18(16(12-25)23-17)21-8-9-27-2/h3-7,10-11,13,20-21,25H,8-9,12H2,1-2H3,(H2,22,23,24,26). The van der Waals surface area contributed by atoms with Crippen LogP contribution < -0.4 is 16.0 Å². The van der Waals surface area contributed by atoms with Crippen molar-refractivity contribution in [2.45, 2.75) is 19.6 Å². The van der Waals surface area contributed by atoms with Crippen LogP contribution in [-0.4, -0.2) is 42.6 Å². The van der Waals surface area contributed by atoms with Crippen molar-refractivity contribution in [1.29, 1.82) is 5.41 Å². The van der Waals surface area contributed by atoms with E-state index < -0.39 is 6.03 Å². The average molecular weight is 371 g/mol. The van der Waals surface area contributed by atoms with Crippen molar-refractivity contribution in [3.05, 3.63) is 53.2 Å². The van der Waals surface area contributed by atoms with Gasteiger partial charge >= 0.3 is 6.03 Å². The minimum absolute atomic E-state index is 0.180. The van der Waals surface area contributed by atoms with E-state index in [4.69, 9.17) is 10.1 Å². The Hall–Kier alpha value is -2.97. The van der Waals surface area contributed by atoms with Crippen molar-refractivity contribution in [2.75, 3.05) is 30.9 Å². The van der Waals surface area contributed by atoms with Crippen molar-refractivity contribution < 1.29 is 14.6 Å². The molecule has 1 aromatic heterocycles. The number of aliphatic hydroxyl groups is 1. The maximum absolute atomic E-state index is 12.3. The van der Waals surface area contributed by atoms with Crippen molar-refractivity contribution in [1.82, 2.24) is 10.3 Å². The molecular formula is C19H25N5O3. The van der Waals surface area contributed by atoms with Gasteiger partial charge in [-0.25, -0.2) is 9.78 Å². The molecule has 1 atom stereocenters. The summed E-state index contributed by atoms with van der Waals surface area (Å²) in [6.45, 7) is 2.54. The maximum Gasteiger partial charge on any atom is 0.320 e. The third kappa shape index (κ3) is 5.77. The van der Waals surface area contributed by atoms with Gasteiger partial charge in [-0.1, -0.05) is 30.3 Å². The van der Waals surface area contributed by atoms with E-state index >= 15 is 0 Å². The molecule has 8 heteroatoms. The van der Waals surface area contributed by atoms with Gasteiger partial charge in [0.1, 0.15) is 5.82 Å². The predicted molar refractivity (Wildman–Crippen MR) is 105 cm³/mol. The highest BCUT2D eigenvalue weighted by Gasteiger charge is 2.14. The first-order valence-corrected chi connectivity index (χ1v) is 8.59. The van der Waals surface area contributed by atoms with Crippen LogP contribution in [0.2, 0.25) is 0 Å². The number of aliphatic hydroxyl groups excluding tert-OH is 1. The summed E-state index contributed by atoms with van der Waals surface area (Å²) in [5.74, 6) is 0.257. The first kappa shape index (κ1) is 20.3. The highest BCUT2D eigenvalue weighted by Crippen LogP contribution is 2.22. The Balaban J connectivity index is 2.11. The Morgan fingerprint density at radius 3 is 2.74 bits per heavy atom. The van der Waals surface area contributed by atoms with Gasteiger partial charge in [-0.2, -0.15) is 0 Å². The topological polar surface area (TPSA) is 119 Å². The maximum atomic E-state index is 12.3. The summed E-state index contributed by atoms with van der Waals surface area (Å²) in [6, 6.07) is 10.6. The van der Waals surface area contributed by atoms with E-state index in [0.717, 1.165) is 11.8 Å². The normalized spacial score (nSPS) is 11.5. The van der Waals surface area contributed by atoms with Gasteiger partial charge < -0.3 is 25.9 Å². The zero-order chi connectivity index (χ0) is 19.6. The van der Waals surface area contributed by atoms with Crippen LogP contribution in [0.15, 0.2) is 36.4 Å². The molecule has 2 amide bonds. The van der Waals surface area contributed by atoms with Crippen LogP contribution in [-0.2, 0) is 11.3 Å². The van der Waals surface area contributed by atoms with Gasteiger partial charge in [0.25, 0.3) is 0 Å². The number of carbonyl (C=O) groups excluding carboxylic acids is 1. The molecule has 1 aromatic carbocycles. The third-order valence-electron chi connectivity index (χ3n) is 3.93. The molecule has 0 bridgehead atoms. The second-order valence-electron chi connectivity index (χ2n) is 5.87. The number of hydrogen-bond donors (Lipinski definition) is 5. The largest absolute Gasteiger partial charge is 0.390 e. The molecule has 0 aliphatic carbocycles. The van der Waals surface area contributed by atoms with Gasteiger partial charge in [0.2, 0.25) is 0 Å². The van der Waals surface area contributed by atoms with E-state index in [1.54, 1.807) is 13.2 Å². The number of urea groups is 1. The molecule has 0 saturated heterocycles. The number of aromatic nitrogens is 1. The minimum Gasteiger partial charge on any atom is -0.390 e. The molecule has 2 aromatic rings. The average Bonchev–Trinajstić information content (AvgIpc) is 2.69. The SMILES string of the molecule is COCCNc1c(C=N)cc(NC(=O)NC(C)c2ccccc2)nc1CO. The zero-order valence-corrected chi connectivity index (χ0v) is 15.5. The molecule has 5 N–H and O–H groups in total. The Morgan fingerprint density at radius 2 is 2.11 bits per heavy atom. The fraction of sp³-hybridized carbons (Fsp3) is 0.316. The van der Waals surface area contributed by atoms with Crippen molar-refractivity contribution in [3.8, 4) is 0 Å². The second-order valence-corrected chi connectivity index (χ2v) is 5.87. The minimum atomic E-state index is -0.418. The number of nitrogens with one attached hydrogen (secondary N) is 4. The number of carbonyl (C=O) groups is 1. The smallest absolute Gasteiger partial charge is 0.320 e. The molecule has 0 spiro atoms. The van der Waals surface area contributed by atoms with Crippen LogP contribution in [0.4, 0.5) is 16.3 Å². The lowest BCUT2D eigenvalue weighted by atomic mass is 10.1. The van der Waals surface area contributed by atoms with E-state index in [1.807, 2.05) is 37.3 Å². The van der Waals surface area contributed by atoms with Crippen molar-refractivity contribution in [2.24, 2.45) is 0 Å². The van der Waals surface area contributed by atoms with E-state index in [1.165, 1.54) is 0 Å². The van der Waals surface area contributed by atoms with Crippen LogP contribution in [0.1, 0.15) is 29.8 Å². The summed E-state index contributed by atoms with van der Waals surface area (Å²) < 4.78 is 4.99. The van der Waals surface area contributed by atoms with Crippen molar-refractivity contribution in [3.63, 3.8) is 0 Å². The molecule has 1 heterocycles. The molecule has 1 unspecified atom stereocenters. The van der Waals surface area contributed by atoms with Crippen LogP contribution in [0, 0.1) is 5.41 Å². The molecule has 0 aliphatic heterocycles. The highest BCUT2D eigenvalue weighted by molar-refractivity contribution is 5.92. The number of hydrogen-bond acceptors (Lipinski definition) is 6. The number of benzene rings is 1. The van der Waals surface area contributed by atoms with E-state index in [-0.39, 0.29) is 18.5 Å². The fourth-order valence-corrected chi connectivity index (χ4v) is 2.57. The number of pyridine rings is 1. The van der Waals surface area contributed by atoms with Gasteiger partial charge in [0.05, 0.1) is 30.6 Å². The van der Waals surface area contributed by atoms with E-state index in [0.29, 0.717) is 30.1 Å². The predicted octanol–water partition coefficient (Wildman–Crippen LogP) is 2.51. The zero-order valence-electron chi connectivity index (χ0n) is 15.5. The summed E-state index contributed by atoms with van der Waals surface area (Å²) in [5, 5.41) is 25.8. The number of amides is 2. The molecular weight excluding hydrogens is 346 g/mol. The molecule has 27 heavy (non-hydrogen) atoms. The lowest BCUT2D eigenvalue weighted by molar-refractivity contribution is 0.210. The molecule has 0 saturated carbocycles. The Labute approximate surface area is 158 Å². The Morgan fingerprint density at radius 1 is 1.37 bits per heavy atom. The summed E-state index contributed by atoms with van der Waals surface area (Å²) >= 11 is 0. The Bertz CT molecular complexity index is 767. The van der Waals surface area contributed by atoms with Gasteiger partial charge in [0.15, 0.2) is 0 Å². The van der Waals surface area contributed by atoms with Crippen LogP contribution >= 0.6 is 0 Å². The molecule has 0 aliphatic rings. The van der Waals surface area contributed by atoms with Crippen LogP contribution in [0.5, 0.6) is 0 Å². The Kier molecular flexibility index (Phi) is 7.72. The number of nitrogens with zero attached hydrogens (tertiary/aromatic N) is 1. The van der Waals surface area contributed by atoms with E-state index in [2.05, 4.69) is 20.9 Å². The number of anilines is 2. The number of rotatable bonds is 9. The van der Waals surface area contributed by atoms with E-state index in [9.17, 15) is 9.90 Å². The third-order valence-corrected chi connectivity index (χ3v) is 3.93. The summed E-state index contributed by atoms with van der Waals surface area (Å²) in [4.78, 5) is 16.5. The second kappa shape index (κ2) is 10.2. The fourth-order valence-electron chi connectivity index (χ4n) is 2.57.